The van der Waals surface area contributed by atoms with Crippen molar-refractivity contribution in [3.05, 3.63) is 74.3 Å². The van der Waals surface area contributed by atoms with E-state index in [0.717, 1.165) is 6.07 Å². The SMILES string of the molecule is CCc1n[nH]c(=S)n1/N=C/c1ccc(OC(=O)c2cccc([N+](=O)[O-])c2)c(OC)c1. The molecule has 3 rings (SSSR count). The molecule has 154 valence electrons. The second-order valence-electron chi connectivity index (χ2n) is 5.96. The molecule has 0 saturated carbocycles. The van der Waals surface area contributed by atoms with Crippen molar-refractivity contribution in [3.8, 4) is 11.5 Å². The van der Waals surface area contributed by atoms with Crippen LogP contribution in [-0.2, 0) is 6.42 Å². The average molecular weight is 427 g/mol. The monoisotopic (exact) mass is 427 g/mol. The summed E-state index contributed by atoms with van der Waals surface area (Å²) in [4.78, 5) is 22.7. The Morgan fingerprint density at radius 2 is 2.13 bits per heavy atom. The van der Waals surface area contributed by atoms with Gasteiger partial charge in [0.1, 0.15) is 0 Å². The number of non-ortho nitro benzene ring substituents is 1. The molecule has 11 heteroatoms. The molecule has 0 saturated heterocycles. The van der Waals surface area contributed by atoms with Crippen molar-refractivity contribution < 1.29 is 19.2 Å². The number of nitrogens with zero attached hydrogens (tertiary/aromatic N) is 4. The highest BCUT2D eigenvalue weighted by Crippen LogP contribution is 2.28. The number of nitro groups is 1. The molecule has 1 heterocycles. The lowest BCUT2D eigenvalue weighted by Gasteiger charge is -2.10. The van der Waals surface area contributed by atoms with Crippen LogP contribution in [0.1, 0.15) is 28.7 Å². The topological polar surface area (TPSA) is 125 Å². The van der Waals surface area contributed by atoms with Crippen LogP contribution in [0.4, 0.5) is 5.69 Å². The predicted molar refractivity (Wildman–Crippen MR) is 111 cm³/mol. The van der Waals surface area contributed by atoms with Crippen molar-refractivity contribution in [2.75, 3.05) is 7.11 Å². The molecule has 30 heavy (non-hydrogen) atoms. The number of H-pyrrole nitrogens is 1. The van der Waals surface area contributed by atoms with Gasteiger partial charge in [-0.2, -0.15) is 14.9 Å². The molecule has 0 spiro atoms. The van der Waals surface area contributed by atoms with Crippen molar-refractivity contribution in [1.82, 2.24) is 14.9 Å². The Hall–Kier alpha value is -3.86. The molecule has 0 radical (unpaired) electrons. The van der Waals surface area contributed by atoms with Gasteiger partial charge < -0.3 is 9.47 Å². The Labute approximate surface area is 175 Å². The summed E-state index contributed by atoms with van der Waals surface area (Å²) in [6, 6.07) is 10.1. The maximum Gasteiger partial charge on any atom is 0.343 e. The van der Waals surface area contributed by atoms with Crippen LogP contribution in [0.5, 0.6) is 11.5 Å². The lowest BCUT2D eigenvalue weighted by molar-refractivity contribution is -0.384. The van der Waals surface area contributed by atoms with E-state index in [9.17, 15) is 14.9 Å². The predicted octanol–water partition coefficient (Wildman–Crippen LogP) is 3.52. The molecule has 0 aliphatic heterocycles. The number of nitro benzene ring substituents is 1. The van der Waals surface area contributed by atoms with E-state index in [2.05, 4.69) is 15.3 Å². The minimum absolute atomic E-state index is 0.0540. The Bertz CT molecular complexity index is 1180. The maximum atomic E-state index is 12.4. The van der Waals surface area contributed by atoms with E-state index in [1.165, 1.54) is 30.0 Å². The fraction of sp³-hybridized carbons (Fsp3) is 0.158. The van der Waals surface area contributed by atoms with Crippen LogP contribution in [0.3, 0.4) is 0 Å². The van der Waals surface area contributed by atoms with Crippen LogP contribution in [0.2, 0.25) is 0 Å². The van der Waals surface area contributed by atoms with Crippen LogP contribution in [0, 0.1) is 14.9 Å². The first-order chi connectivity index (χ1) is 14.4. The van der Waals surface area contributed by atoms with Crippen molar-refractivity contribution in [3.63, 3.8) is 0 Å². The van der Waals surface area contributed by atoms with Gasteiger partial charge in [-0.1, -0.05) is 13.0 Å². The van der Waals surface area contributed by atoms with Crippen LogP contribution in [-0.4, -0.2) is 39.1 Å². The fourth-order valence-electron chi connectivity index (χ4n) is 2.55. The molecule has 0 unspecified atom stereocenters. The summed E-state index contributed by atoms with van der Waals surface area (Å²) >= 11 is 5.15. The minimum Gasteiger partial charge on any atom is -0.493 e. The number of aromatic amines is 1. The highest BCUT2D eigenvalue weighted by molar-refractivity contribution is 7.71. The number of ether oxygens (including phenoxy) is 2. The lowest BCUT2D eigenvalue weighted by atomic mass is 10.2. The number of hydrogen-bond acceptors (Lipinski definition) is 8. The third-order valence-electron chi connectivity index (χ3n) is 4.04. The standard InChI is InChI=1S/C19H17N5O5S/c1-3-17-21-22-19(30)23(17)20-11-12-7-8-15(16(9-12)28-2)29-18(25)13-5-4-6-14(10-13)24(26)27/h4-11H,3H2,1-2H3,(H,22,30)/b20-11+. The summed E-state index contributed by atoms with van der Waals surface area (Å²) in [7, 11) is 1.43. The number of esters is 1. The molecule has 10 nitrogen and oxygen atoms in total. The summed E-state index contributed by atoms with van der Waals surface area (Å²) in [5.41, 5.74) is 0.526. The quantitative estimate of drug-likeness (QED) is 0.153. The zero-order chi connectivity index (χ0) is 21.7. The van der Waals surface area contributed by atoms with E-state index < -0.39 is 10.9 Å². The Morgan fingerprint density at radius 3 is 2.83 bits per heavy atom. The molecule has 0 aliphatic rings. The Morgan fingerprint density at radius 1 is 1.33 bits per heavy atom. The number of carbonyl (C=O) groups excluding carboxylic acids is 1. The smallest absolute Gasteiger partial charge is 0.343 e. The first-order valence-electron chi connectivity index (χ1n) is 8.78. The van der Waals surface area contributed by atoms with Crippen molar-refractivity contribution in [1.29, 1.82) is 0 Å². The summed E-state index contributed by atoms with van der Waals surface area (Å²) in [5.74, 6) is 0.408. The lowest BCUT2D eigenvalue weighted by Crippen LogP contribution is -2.09. The van der Waals surface area contributed by atoms with E-state index in [1.807, 2.05) is 6.92 Å². The summed E-state index contributed by atoms with van der Waals surface area (Å²) in [6.07, 6.45) is 2.22. The van der Waals surface area contributed by atoms with Crippen LogP contribution >= 0.6 is 12.2 Å². The molecule has 0 bridgehead atoms. The van der Waals surface area contributed by atoms with E-state index in [-0.39, 0.29) is 17.0 Å². The van der Waals surface area contributed by atoms with E-state index in [1.54, 1.807) is 24.4 Å². The van der Waals surface area contributed by atoms with Crippen molar-refractivity contribution >= 4 is 30.1 Å². The van der Waals surface area contributed by atoms with Gasteiger partial charge in [-0.05, 0) is 42.0 Å². The first-order valence-corrected chi connectivity index (χ1v) is 9.19. The van der Waals surface area contributed by atoms with Gasteiger partial charge in [0.15, 0.2) is 17.3 Å². The highest BCUT2D eigenvalue weighted by atomic mass is 32.1. The van der Waals surface area contributed by atoms with E-state index in [0.29, 0.717) is 28.3 Å². The molecular weight excluding hydrogens is 410 g/mol. The number of rotatable bonds is 7. The van der Waals surface area contributed by atoms with Gasteiger partial charge in [-0.25, -0.2) is 4.79 Å². The molecule has 3 aromatic rings. The van der Waals surface area contributed by atoms with Gasteiger partial charge in [0.2, 0.25) is 4.77 Å². The van der Waals surface area contributed by atoms with E-state index in [4.69, 9.17) is 21.7 Å². The summed E-state index contributed by atoms with van der Waals surface area (Å²) in [5, 5.41) is 22.0. The van der Waals surface area contributed by atoms with Gasteiger partial charge in [-0.3, -0.25) is 15.2 Å². The van der Waals surface area contributed by atoms with Crippen molar-refractivity contribution in [2.24, 2.45) is 5.10 Å². The van der Waals surface area contributed by atoms with Gasteiger partial charge in [-0.15, -0.1) is 0 Å². The number of methoxy groups -OCH3 is 1. The number of carbonyl (C=O) groups is 1. The average Bonchev–Trinajstić information content (AvgIpc) is 3.12. The Balaban J connectivity index is 1.82. The zero-order valence-corrected chi connectivity index (χ0v) is 16.9. The Kier molecular flexibility index (Phi) is 6.32. The molecule has 1 aromatic heterocycles. The van der Waals surface area contributed by atoms with Crippen molar-refractivity contribution in [2.45, 2.75) is 13.3 Å². The second-order valence-corrected chi connectivity index (χ2v) is 6.35. The van der Waals surface area contributed by atoms with Gasteiger partial charge in [0.05, 0.1) is 23.8 Å². The summed E-state index contributed by atoms with van der Waals surface area (Å²) in [6.45, 7) is 1.94. The molecule has 0 atom stereocenters. The normalized spacial score (nSPS) is 10.9. The third kappa shape index (κ3) is 4.58. The molecule has 0 amide bonds. The van der Waals surface area contributed by atoms with Gasteiger partial charge >= 0.3 is 5.97 Å². The fourth-order valence-corrected chi connectivity index (χ4v) is 2.75. The zero-order valence-electron chi connectivity index (χ0n) is 16.1. The maximum absolute atomic E-state index is 12.4. The number of benzene rings is 2. The highest BCUT2D eigenvalue weighted by Gasteiger charge is 2.16. The molecule has 2 aromatic carbocycles. The van der Waals surface area contributed by atoms with Gasteiger partial charge in [0, 0.05) is 18.6 Å². The third-order valence-corrected chi connectivity index (χ3v) is 4.30. The van der Waals surface area contributed by atoms with Crippen LogP contribution in [0.15, 0.2) is 47.6 Å². The molecular formula is C19H17N5O5S. The van der Waals surface area contributed by atoms with Crippen LogP contribution < -0.4 is 9.47 Å². The van der Waals surface area contributed by atoms with Crippen LogP contribution in [0.25, 0.3) is 0 Å². The number of hydrogen-bond donors (Lipinski definition) is 1. The second kappa shape index (κ2) is 9.09. The molecule has 0 fully saturated rings. The number of aryl methyl sites for hydroxylation is 1. The van der Waals surface area contributed by atoms with Gasteiger partial charge in [0.25, 0.3) is 5.69 Å². The largest absolute Gasteiger partial charge is 0.493 e. The number of nitrogens with one attached hydrogen (secondary N) is 1. The minimum atomic E-state index is -0.740. The molecule has 0 aliphatic carbocycles. The number of aromatic nitrogens is 3. The van der Waals surface area contributed by atoms with E-state index >= 15 is 0 Å². The first kappa shape index (κ1) is 20.9. The molecule has 1 N–H and O–H groups in total. The summed E-state index contributed by atoms with van der Waals surface area (Å²) < 4.78 is 12.5.